The Balaban J connectivity index is 0.00000180. The van der Waals surface area contributed by atoms with E-state index in [2.05, 4.69) is 40.9 Å². The van der Waals surface area contributed by atoms with Crippen LogP contribution in [0.25, 0.3) is 0 Å². The molecule has 1 atom stereocenters. The third kappa shape index (κ3) is 4.64. The second-order valence-electron chi connectivity index (χ2n) is 5.18. The van der Waals surface area contributed by atoms with E-state index < -0.39 is 0 Å². The second-order valence-corrected chi connectivity index (χ2v) is 5.18. The van der Waals surface area contributed by atoms with E-state index in [0.29, 0.717) is 6.04 Å². The van der Waals surface area contributed by atoms with Crippen LogP contribution in [-0.2, 0) is 6.54 Å². The monoisotopic (exact) mass is 284 g/mol. The van der Waals surface area contributed by atoms with Gasteiger partial charge in [-0.05, 0) is 37.9 Å². The first-order chi connectivity index (χ1) is 8.69. The number of hydrogen-bond acceptors (Lipinski definition) is 4. The quantitative estimate of drug-likeness (QED) is 0.917. The Morgan fingerprint density at radius 1 is 1.47 bits per heavy atom. The van der Waals surface area contributed by atoms with E-state index in [9.17, 15) is 0 Å². The molecule has 108 valence electrons. The lowest BCUT2D eigenvalue weighted by Crippen LogP contribution is -2.42. The minimum Gasteiger partial charge on any atom is -0.360 e. The predicted molar refractivity (Wildman–Crippen MR) is 82.9 cm³/mol. The van der Waals surface area contributed by atoms with Crippen LogP contribution in [0.4, 0.5) is 5.82 Å². The van der Waals surface area contributed by atoms with Gasteiger partial charge in [-0.3, -0.25) is 4.90 Å². The zero-order valence-electron chi connectivity index (χ0n) is 11.9. The summed E-state index contributed by atoms with van der Waals surface area (Å²) >= 11 is 0. The number of aromatic nitrogens is 1. The molecule has 1 saturated heterocycles. The summed E-state index contributed by atoms with van der Waals surface area (Å²) in [5.74, 6) is 1.04. The van der Waals surface area contributed by atoms with Crippen LogP contribution in [0, 0.1) is 0 Å². The fourth-order valence-corrected chi connectivity index (χ4v) is 2.39. The predicted octanol–water partition coefficient (Wildman–Crippen LogP) is 1.88. The van der Waals surface area contributed by atoms with Gasteiger partial charge in [0.2, 0.25) is 0 Å². The highest BCUT2D eigenvalue weighted by Gasteiger charge is 2.16. The van der Waals surface area contributed by atoms with Crippen molar-refractivity contribution in [3.8, 4) is 0 Å². The van der Waals surface area contributed by atoms with E-state index in [1.165, 1.54) is 12.0 Å². The maximum absolute atomic E-state index is 6.00. The van der Waals surface area contributed by atoms with Gasteiger partial charge in [0.15, 0.2) is 0 Å². The number of likely N-dealkylation sites (tertiary alicyclic amines) is 1. The number of nitrogens with zero attached hydrogens (tertiary/aromatic N) is 3. The summed E-state index contributed by atoms with van der Waals surface area (Å²) in [5.41, 5.74) is 7.27. The molecule has 1 aliphatic rings. The molecule has 1 fully saturated rings. The molecule has 19 heavy (non-hydrogen) atoms. The Labute approximate surface area is 122 Å². The minimum atomic E-state index is 0. The highest BCUT2D eigenvalue weighted by molar-refractivity contribution is 5.85. The molecule has 0 aromatic carbocycles. The van der Waals surface area contributed by atoms with Crippen LogP contribution in [-0.4, -0.2) is 42.6 Å². The largest absolute Gasteiger partial charge is 0.360 e. The van der Waals surface area contributed by atoms with E-state index in [0.717, 1.165) is 38.4 Å². The lowest BCUT2D eigenvalue weighted by molar-refractivity contribution is 0.201. The van der Waals surface area contributed by atoms with Crippen LogP contribution in [0.15, 0.2) is 18.3 Å². The summed E-state index contributed by atoms with van der Waals surface area (Å²) in [7, 11) is 2.06. The maximum atomic E-state index is 6.00. The van der Waals surface area contributed by atoms with E-state index in [1.54, 1.807) is 0 Å². The topological polar surface area (TPSA) is 45.4 Å². The molecule has 1 aromatic heterocycles. The van der Waals surface area contributed by atoms with Crippen molar-refractivity contribution in [1.29, 1.82) is 0 Å². The summed E-state index contributed by atoms with van der Waals surface area (Å²) in [6, 6.07) is 4.62. The molecule has 2 heterocycles. The molecule has 5 heteroatoms. The highest BCUT2D eigenvalue weighted by atomic mass is 35.5. The van der Waals surface area contributed by atoms with Gasteiger partial charge in [0.05, 0.1) is 0 Å². The van der Waals surface area contributed by atoms with Crippen molar-refractivity contribution in [2.24, 2.45) is 5.73 Å². The van der Waals surface area contributed by atoms with E-state index >= 15 is 0 Å². The molecule has 0 amide bonds. The Kier molecular flexibility index (Phi) is 6.55. The molecule has 0 aliphatic carbocycles. The minimum absolute atomic E-state index is 0. The molecule has 0 saturated carbocycles. The molecule has 0 spiro atoms. The molecule has 2 rings (SSSR count). The lowest BCUT2D eigenvalue weighted by atomic mass is 10.1. The van der Waals surface area contributed by atoms with Crippen molar-refractivity contribution in [3.05, 3.63) is 23.9 Å². The molecule has 1 aliphatic heterocycles. The van der Waals surface area contributed by atoms with Crippen LogP contribution < -0.4 is 10.6 Å². The summed E-state index contributed by atoms with van der Waals surface area (Å²) in [6.45, 7) is 6.25. The molecule has 1 aromatic rings. The first kappa shape index (κ1) is 16.2. The highest BCUT2D eigenvalue weighted by Crippen LogP contribution is 2.14. The zero-order valence-corrected chi connectivity index (χ0v) is 12.7. The number of halogens is 1. The van der Waals surface area contributed by atoms with Gasteiger partial charge in [0.25, 0.3) is 0 Å². The van der Waals surface area contributed by atoms with Crippen molar-refractivity contribution >= 4 is 18.2 Å². The van der Waals surface area contributed by atoms with Crippen molar-refractivity contribution in [1.82, 2.24) is 9.88 Å². The third-order valence-electron chi connectivity index (χ3n) is 3.62. The van der Waals surface area contributed by atoms with Crippen LogP contribution in [0.5, 0.6) is 0 Å². The van der Waals surface area contributed by atoms with Crippen molar-refractivity contribution in [2.45, 2.75) is 32.4 Å². The maximum Gasteiger partial charge on any atom is 0.128 e. The number of nitrogens with two attached hydrogens (primary N) is 1. The standard InChI is InChI=1S/C14H24N4.ClH/c1-3-17(2)14-7-6-12(9-16-14)10-18-8-4-5-13(15)11-18;/h6-7,9,13H,3-5,8,10-11,15H2,1-2H3;1H. The molecule has 0 radical (unpaired) electrons. The van der Waals surface area contributed by atoms with Gasteiger partial charge in [-0.15, -0.1) is 12.4 Å². The van der Waals surface area contributed by atoms with Gasteiger partial charge in [0, 0.05) is 38.9 Å². The van der Waals surface area contributed by atoms with Gasteiger partial charge in [-0.2, -0.15) is 0 Å². The molecular formula is C14H25ClN4. The summed E-state index contributed by atoms with van der Waals surface area (Å²) < 4.78 is 0. The molecule has 1 unspecified atom stereocenters. The fourth-order valence-electron chi connectivity index (χ4n) is 2.39. The number of rotatable bonds is 4. The molecule has 2 N–H and O–H groups in total. The van der Waals surface area contributed by atoms with E-state index in [1.807, 2.05) is 6.20 Å². The third-order valence-corrected chi connectivity index (χ3v) is 3.62. The van der Waals surface area contributed by atoms with Crippen LogP contribution in [0.2, 0.25) is 0 Å². The Bertz CT molecular complexity index is 368. The summed E-state index contributed by atoms with van der Waals surface area (Å²) in [6.07, 6.45) is 4.36. The average molecular weight is 285 g/mol. The van der Waals surface area contributed by atoms with E-state index in [-0.39, 0.29) is 12.4 Å². The Morgan fingerprint density at radius 3 is 2.84 bits per heavy atom. The van der Waals surface area contributed by atoms with Gasteiger partial charge in [-0.25, -0.2) is 4.98 Å². The average Bonchev–Trinajstić information content (AvgIpc) is 2.39. The Morgan fingerprint density at radius 2 is 2.26 bits per heavy atom. The van der Waals surface area contributed by atoms with E-state index in [4.69, 9.17) is 5.73 Å². The number of hydrogen-bond donors (Lipinski definition) is 1. The Hall–Kier alpha value is -0.840. The second kappa shape index (κ2) is 7.68. The van der Waals surface area contributed by atoms with Crippen LogP contribution >= 0.6 is 12.4 Å². The fraction of sp³-hybridized carbons (Fsp3) is 0.643. The molecule has 0 bridgehead atoms. The first-order valence-corrected chi connectivity index (χ1v) is 6.83. The number of pyridine rings is 1. The van der Waals surface area contributed by atoms with Crippen molar-refractivity contribution in [2.75, 3.05) is 31.6 Å². The van der Waals surface area contributed by atoms with Crippen molar-refractivity contribution < 1.29 is 0 Å². The summed E-state index contributed by atoms with van der Waals surface area (Å²) in [5, 5.41) is 0. The van der Waals surface area contributed by atoms with Crippen LogP contribution in [0.3, 0.4) is 0 Å². The van der Waals surface area contributed by atoms with Gasteiger partial charge in [0.1, 0.15) is 5.82 Å². The van der Waals surface area contributed by atoms with Gasteiger partial charge in [-0.1, -0.05) is 6.07 Å². The molecule has 4 nitrogen and oxygen atoms in total. The lowest BCUT2D eigenvalue weighted by Gasteiger charge is -2.30. The summed E-state index contributed by atoms with van der Waals surface area (Å²) in [4.78, 5) is 9.07. The van der Waals surface area contributed by atoms with Crippen molar-refractivity contribution in [3.63, 3.8) is 0 Å². The zero-order chi connectivity index (χ0) is 13.0. The molecular weight excluding hydrogens is 260 g/mol. The number of anilines is 1. The number of piperidine rings is 1. The first-order valence-electron chi connectivity index (χ1n) is 6.83. The smallest absolute Gasteiger partial charge is 0.128 e. The SMILES string of the molecule is CCN(C)c1ccc(CN2CCCC(N)C2)cn1.Cl. The van der Waals surface area contributed by atoms with Gasteiger partial charge < -0.3 is 10.6 Å². The van der Waals surface area contributed by atoms with Crippen LogP contribution in [0.1, 0.15) is 25.3 Å². The van der Waals surface area contributed by atoms with Gasteiger partial charge >= 0.3 is 0 Å². The normalized spacial score (nSPS) is 19.8.